The molecule has 0 aliphatic heterocycles. The number of likely N-dealkylation sites (N-methyl/N-ethyl adjacent to an activating group) is 1. The van der Waals surface area contributed by atoms with Crippen LogP contribution in [0.3, 0.4) is 0 Å². The summed E-state index contributed by atoms with van der Waals surface area (Å²) < 4.78 is 5.81. The zero-order valence-electron chi connectivity index (χ0n) is 10.5. The highest BCUT2D eigenvalue weighted by atomic mass is 16.5. The van der Waals surface area contributed by atoms with Gasteiger partial charge in [0.2, 0.25) is 0 Å². The molecule has 0 fully saturated rings. The van der Waals surface area contributed by atoms with Gasteiger partial charge in [0.05, 0.1) is 26.8 Å². The van der Waals surface area contributed by atoms with E-state index in [9.17, 15) is 9.90 Å². The van der Waals surface area contributed by atoms with Crippen LogP contribution in [-0.4, -0.2) is 61.4 Å². The lowest BCUT2D eigenvalue weighted by atomic mass is 10.3. The number of rotatable bonds is 7. The number of carbonyl (C=O) groups is 1. The van der Waals surface area contributed by atoms with Gasteiger partial charge in [-0.1, -0.05) is 0 Å². The molecule has 0 amide bonds. The maximum absolute atomic E-state index is 11.0. The molecule has 1 atom stereocenters. The van der Waals surface area contributed by atoms with Gasteiger partial charge in [-0.3, -0.25) is 4.79 Å². The standard InChI is InChI=1S/C11H24NO3/c1-9(2)15-8-11(14)7-12(4,5)6-10(3)13/h9,11,14H,6-8H2,1-5H3/q+1. The van der Waals surface area contributed by atoms with Crippen LogP contribution in [0.1, 0.15) is 20.8 Å². The van der Waals surface area contributed by atoms with Crippen molar-refractivity contribution in [3.8, 4) is 0 Å². The second kappa shape index (κ2) is 6.20. The number of hydrogen-bond acceptors (Lipinski definition) is 3. The number of aliphatic hydroxyl groups excluding tert-OH is 1. The van der Waals surface area contributed by atoms with Gasteiger partial charge in [-0.2, -0.15) is 0 Å². The van der Waals surface area contributed by atoms with Gasteiger partial charge >= 0.3 is 0 Å². The van der Waals surface area contributed by atoms with Crippen molar-refractivity contribution in [1.82, 2.24) is 0 Å². The molecule has 0 saturated carbocycles. The first-order chi connectivity index (χ1) is 6.73. The van der Waals surface area contributed by atoms with Crippen LogP contribution >= 0.6 is 0 Å². The van der Waals surface area contributed by atoms with Crippen molar-refractivity contribution in [2.45, 2.75) is 33.0 Å². The third-order valence-electron chi connectivity index (χ3n) is 1.98. The van der Waals surface area contributed by atoms with Gasteiger partial charge < -0.3 is 14.3 Å². The van der Waals surface area contributed by atoms with E-state index in [0.29, 0.717) is 24.2 Å². The Hall–Kier alpha value is -0.450. The summed E-state index contributed by atoms with van der Waals surface area (Å²) in [5.41, 5.74) is 0. The predicted molar refractivity (Wildman–Crippen MR) is 59.6 cm³/mol. The second-order valence-corrected chi connectivity index (χ2v) is 5.01. The van der Waals surface area contributed by atoms with Crippen LogP contribution < -0.4 is 0 Å². The van der Waals surface area contributed by atoms with Crippen LogP contribution in [0.2, 0.25) is 0 Å². The summed E-state index contributed by atoms with van der Waals surface area (Å²) in [6, 6.07) is 0. The van der Waals surface area contributed by atoms with Crippen molar-refractivity contribution in [3.63, 3.8) is 0 Å². The van der Waals surface area contributed by atoms with Crippen LogP contribution in [0.4, 0.5) is 0 Å². The summed E-state index contributed by atoms with van der Waals surface area (Å²) in [5.74, 6) is 0.136. The SMILES string of the molecule is CC(=O)C[N+](C)(C)CC(O)COC(C)C. The third-order valence-corrected chi connectivity index (χ3v) is 1.98. The predicted octanol–water partition coefficient (Wildman–Crippen LogP) is 0.438. The molecule has 0 radical (unpaired) electrons. The Morgan fingerprint density at radius 2 is 1.93 bits per heavy atom. The van der Waals surface area contributed by atoms with E-state index in [2.05, 4.69) is 0 Å². The van der Waals surface area contributed by atoms with Crippen LogP contribution in [0.25, 0.3) is 0 Å². The summed E-state index contributed by atoms with van der Waals surface area (Å²) in [4.78, 5) is 11.0. The van der Waals surface area contributed by atoms with Gasteiger partial charge in [0.15, 0.2) is 5.78 Å². The van der Waals surface area contributed by atoms with E-state index in [0.717, 1.165) is 0 Å². The van der Waals surface area contributed by atoms with Crippen LogP contribution in [0.5, 0.6) is 0 Å². The first kappa shape index (κ1) is 14.6. The summed E-state index contributed by atoms with van der Waals surface area (Å²) in [6.45, 7) is 6.74. The molecular weight excluding hydrogens is 194 g/mol. The monoisotopic (exact) mass is 218 g/mol. The number of quaternary nitrogens is 1. The molecule has 0 saturated heterocycles. The quantitative estimate of drug-likeness (QED) is 0.631. The minimum Gasteiger partial charge on any atom is -0.385 e. The van der Waals surface area contributed by atoms with E-state index in [1.807, 2.05) is 27.9 Å². The molecule has 0 aromatic carbocycles. The number of hydrogen-bond donors (Lipinski definition) is 1. The summed E-state index contributed by atoms with van der Waals surface area (Å²) in [7, 11) is 3.86. The zero-order chi connectivity index (χ0) is 12.1. The molecule has 0 aliphatic rings. The molecule has 0 aromatic rings. The Morgan fingerprint density at radius 3 is 2.33 bits per heavy atom. The lowest BCUT2D eigenvalue weighted by molar-refractivity contribution is -0.885. The molecule has 0 bridgehead atoms. The van der Waals surface area contributed by atoms with Gasteiger partial charge in [-0.25, -0.2) is 0 Å². The Bertz CT molecular complexity index is 202. The Morgan fingerprint density at radius 1 is 1.40 bits per heavy atom. The molecule has 4 nitrogen and oxygen atoms in total. The highest BCUT2D eigenvalue weighted by molar-refractivity contribution is 5.76. The van der Waals surface area contributed by atoms with Crippen LogP contribution in [0, 0.1) is 0 Å². The molecule has 15 heavy (non-hydrogen) atoms. The van der Waals surface area contributed by atoms with E-state index in [-0.39, 0.29) is 11.9 Å². The largest absolute Gasteiger partial charge is 0.385 e. The van der Waals surface area contributed by atoms with Crippen LogP contribution in [0.15, 0.2) is 0 Å². The highest BCUT2D eigenvalue weighted by Gasteiger charge is 2.22. The maximum atomic E-state index is 11.0. The van der Waals surface area contributed by atoms with Gasteiger partial charge in [-0.05, 0) is 13.8 Å². The molecular formula is C11H24NO3+. The number of ketones is 1. The highest BCUT2D eigenvalue weighted by Crippen LogP contribution is 2.02. The van der Waals surface area contributed by atoms with Gasteiger partial charge in [0.1, 0.15) is 19.2 Å². The van der Waals surface area contributed by atoms with Crippen molar-refractivity contribution in [2.75, 3.05) is 33.8 Å². The molecule has 4 heteroatoms. The number of nitrogens with zero attached hydrogens (tertiary/aromatic N) is 1. The topological polar surface area (TPSA) is 46.5 Å². The molecule has 0 aromatic heterocycles. The molecule has 90 valence electrons. The van der Waals surface area contributed by atoms with Crippen molar-refractivity contribution < 1.29 is 19.1 Å². The fraction of sp³-hybridized carbons (Fsp3) is 0.909. The Labute approximate surface area is 92.4 Å². The van der Waals surface area contributed by atoms with Gasteiger partial charge in [0.25, 0.3) is 0 Å². The lowest BCUT2D eigenvalue weighted by Crippen LogP contribution is -2.49. The average molecular weight is 218 g/mol. The van der Waals surface area contributed by atoms with Crippen molar-refractivity contribution >= 4 is 5.78 Å². The average Bonchev–Trinajstić information content (AvgIpc) is 1.96. The normalized spacial score (nSPS) is 14.3. The number of Topliss-reactive ketones (excluding diaryl/α,β-unsaturated/α-hetero) is 1. The van der Waals surface area contributed by atoms with E-state index in [1.54, 1.807) is 6.92 Å². The Balaban J connectivity index is 3.92. The minimum absolute atomic E-state index is 0.128. The maximum Gasteiger partial charge on any atom is 0.183 e. The molecule has 0 heterocycles. The van der Waals surface area contributed by atoms with E-state index >= 15 is 0 Å². The summed E-state index contributed by atoms with van der Waals surface area (Å²) in [6.07, 6.45) is -0.384. The number of ether oxygens (including phenoxy) is 1. The van der Waals surface area contributed by atoms with Crippen molar-refractivity contribution in [1.29, 1.82) is 0 Å². The van der Waals surface area contributed by atoms with E-state index in [1.165, 1.54) is 0 Å². The number of aliphatic hydroxyl groups is 1. The van der Waals surface area contributed by atoms with E-state index < -0.39 is 6.10 Å². The number of carbonyl (C=O) groups excluding carboxylic acids is 1. The smallest absolute Gasteiger partial charge is 0.183 e. The molecule has 0 rings (SSSR count). The zero-order valence-corrected chi connectivity index (χ0v) is 10.5. The lowest BCUT2D eigenvalue weighted by Gasteiger charge is -2.30. The minimum atomic E-state index is -0.512. The summed E-state index contributed by atoms with van der Waals surface area (Å²) >= 11 is 0. The van der Waals surface area contributed by atoms with E-state index in [4.69, 9.17) is 4.74 Å². The molecule has 1 unspecified atom stereocenters. The first-order valence-corrected chi connectivity index (χ1v) is 5.34. The Kier molecular flexibility index (Phi) is 6.02. The molecule has 0 aliphatic carbocycles. The fourth-order valence-electron chi connectivity index (χ4n) is 1.59. The first-order valence-electron chi connectivity index (χ1n) is 5.34. The van der Waals surface area contributed by atoms with Gasteiger partial charge in [-0.15, -0.1) is 0 Å². The van der Waals surface area contributed by atoms with Crippen LogP contribution in [-0.2, 0) is 9.53 Å². The fourth-order valence-corrected chi connectivity index (χ4v) is 1.59. The van der Waals surface area contributed by atoms with Gasteiger partial charge in [0, 0.05) is 6.92 Å². The van der Waals surface area contributed by atoms with Crippen molar-refractivity contribution in [2.24, 2.45) is 0 Å². The third kappa shape index (κ3) is 8.54. The summed E-state index contributed by atoms with van der Waals surface area (Å²) in [5, 5.41) is 9.69. The molecule has 0 spiro atoms. The molecule has 1 N–H and O–H groups in total. The second-order valence-electron chi connectivity index (χ2n) is 5.01. The van der Waals surface area contributed by atoms with Crippen molar-refractivity contribution in [3.05, 3.63) is 0 Å².